The second kappa shape index (κ2) is 6.58. The van der Waals surface area contributed by atoms with Gasteiger partial charge in [-0.2, -0.15) is 13.2 Å². The van der Waals surface area contributed by atoms with Crippen LogP contribution in [0.2, 0.25) is 0 Å². The number of rotatable bonds is 3. The second-order valence-electron chi connectivity index (χ2n) is 5.49. The number of hydrogen-bond donors (Lipinski definition) is 0. The number of nitrogens with zero attached hydrogens (tertiary/aromatic N) is 1. The van der Waals surface area contributed by atoms with E-state index in [1.165, 1.54) is 13.2 Å². The number of hydrogen-bond acceptors (Lipinski definition) is 4. The summed E-state index contributed by atoms with van der Waals surface area (Å²) >= 11 is 0. The van der Waals surface area contributed by atoms with Gasteiger partial charge < -0.3 is 9.57 Å². The predicted octanol–water partition coefficient (Wildman–Crippen LogP) is 4.36. The van der Waals surface area contributed by atoms with Crippen molar-refractivity contribution in [2.24, 2.45) is 5.16 Å². The Labute approximate surface area is 141 Å². The molecule has 0 saturated heterocycles. The Kier molecular flexibility index (Phi) is 4.48. The SMILES string of the molecule is COC(=O)c1ccccc1C1CC(c2cccc(C(F)(F)F)c2)=NO1. The maximum Gasteiger partial charge on any atom is 0.416 e. The van der Waals surface area contributed by atoms with Gasteiger partial charge in [0.25, 0.3) is 0 Å². The second-order valence-corrected chi connectivity index (χ2v) is 5.49. The number of esters is 1. The Bertz CT molecular complexity index is 830. The van der Waals surface area contributed by atoms with Crippen molar-refractivity contribution in [3.8, 4) is 0 Å². The van der Waals surface area contributed by atoms with E-state index in [2.05, 4.69) is 5.16 Å². The molecule has 1 heterocycles. The van der Waals surface area contributed by atoms with E-state index >= 15 is 0 Å². The zero-order valence-electron chi connectivity index (χ0n) is 13.2. The number of carbonyl (C=O) groups excluding carboxylic acids is 1. The summed E-state index contributed by atoms with van der Waals surface area (Å²) in [6.45, 7) is 0. The van der Waals surface area contributed by atoms with Crippen LogP contribution in [-0.2, 0) is 15.8 Å². The lowest BCUT2D eigenvalue weighted by Crippen LogP contribution is -2.10. The molecular weight excluding hydrogens is 335 g/mol. The molecule has 0 bridgehead atoms. The summed E-state index contributed by atoms with van der Waals surface area (Å²) < 4.78 is 43.3. The number of oxime groups is 1. The van der Waals surface area contributed by atoms with E-state index in [-0.39, 0.29) is 6.42 Å². The Hall–Kier alpha value is -2.83. The van der Waals surface area contributed by atoms with E-state index in [0.717, 1.165) is 12.1 Å². The van der Waals surface area contributed by atoms with Crippen LogP contribution in [0.15, 0.2) is 53.7 Å². The maximum atomic E-state index is 12.9. The highest BCUT2D eigenvalue weighted by Gasteiger charge is 2.32. The largest absolute Gasteiger partial charge is 0.465 e. The van der Waals surface area contributed by atoms with Crippen LogP contribution in [0.4, 0.5) is 13.2 Å². The zero-order chi connectivity index (χ0) is 18.0. The van der Waals surface area contributed by atoms with Gasteiger partial charge in [-0.1, -0.05) is 35.5 Å². The fraction of sp³-hybridized carbons (Fsp3) is 0.222. The van der Waals surface area contributed by atoms with Gasteiger partial charge in [-0.15, -0.1) is 0 Å². The highest BCUT2D eigenvalue weighted by Crippen LogP contribution is 2.34. The third-order valence-corrected chi connectivity index (χ3v) is 3.90. The molecule has 7 heteroatoms. The smallest absolute Gasteiger partial charge is 0.416 e. The molecule has 0 amide bonds. The average Bonchev–Trinajstić information content (AvgIpc) is 3.10. The summed E-state index contributed by atoms with van der Waals surface area (Å²) in [5.74, 6) is -0.508. The van der Waals surface area contributed by atoms with E-state index in [4.69, 9.17) is 9.57 Å². The van der Waals surface area contributed by atoms with Crippen molar-refractivity contribution in [2.75, 3.05) is 7.11 Å². The lowest BCUT2D eigenvalue weighted by Gasteiger charge is -2.12. The molecule has 0 aromatic heterocycles. The molecule has 4 nitrogen and oxygen atoms in total. The Morgan fingerprint density at radius 3 is 2.68 bits per heavy atom. The van der Waals surface area contributed by atoms with Crippen molar-refractivity contribution in [1.29, 1.82) is 0 Å². The van der Waals surface area contributed by atoms with Gasteiger partial charge in [-0.3, -0.25) is 0 Å². The van der Waals surface area contributed by atoms with Gasteiger partial charge in [0.05, 0.1) is 23.9 Å². The van der Waals surface area contributed by atoms with Gasteiger partial charge in [0.1, 0.15) is 0 Å². The summed E-state index contributed by atoms with van der Waals surface area (Å²) in [6, 6.07) is 11.7. The number of carbonyl (C=O) groups is 1. The van der Waals surface area contributed by atoms with Gasteiger partial charge >= 0.3 is 12.1 Å². The Morgan fingerprint density at radius 2 is 1.96 bits per heavy atom. The number of methoxy groups -OCH3 is 1. The summed E-state index contributed by atoms with van der Waals surface area (Å²) in [7, 11) is 1.28. The van der Waals surface area contributed by atoms with Crippen LogP contribution in [0.1, 0.15) is 39.6 Å². The van der Waals surface area contributed by atoms with E-state index in [1.54, 1.807) is 30.3 Å². The molecule has 0 aliphatic carbocycles. The normalized spacial score (nSPS) is 17.0. The van der Waals surface area contributed by atoms with Gasteiger partial charge in [-0.25, -0.2) is 4.79 Å². The van der Waals surface area contributed by atoms with Crippen molar-refractivity contribution >= 4 is 11.7 Å². The Morgan fingerprint density at radius 1 is 1.20 bits per heavy atom. The molecule has 0 radical (unpaired) electrons. The van der Waals surface area contributed by atoms with E-state index in [0.29, 0.717) is 22.4 Å². The molecule has 3 rings (SSSR count). The van der Waals surface area contributed by atoms with Crippen LogP contribution in [0, 0.1) is 0 Å². The van der Waals surface area contributed by atoms with Crippen LogP contribution in [-0.4, -0.2) is 18.8 Å². The number of benzene rings is 2. The molecule has 130 valence electrons. The fourth-order valence-corrected chi connectivity index (χ4v) is 2.66. The number of ether oxygens (including phenoxy) is 1. The quantitative estimate of drug-likeness (QED) is 0.774. The van der Waals surface area contributed by atoms with Crippen LogP contribution >= 0.6 is 0 Å². The first-order chi connectivity index (χ1) is 11.9. The van der Waals surface area contributed by atoms with Gasteiger partial charge in [0, 0.05) is 17.5 Å². The molecular formula is C18H14F3NO3. The molecule has 0 fully saturated rings. The molecule has 1 unspecified atom stereocenters. The van der Waals surface area contributed by atoms with Crippen LogP contribution < -0.4 is 0 Å². The molecule has 2 aromatic carbocycles. The average molecular weight is 349 g/mol. The first kappa shape index (κ1) is 17.0. The highest BCUT2D eigenvalue weighted by atomic mass is 19.4. The highest BCUT2D eigenvalue weighted by molar-refractivity contribution is 6.01. The summed E-state index contributed by atoms with van der Waals surface area (Å²) in [5.41, 5.74) is 0.922. The van der Waals surface area contributed by atoms with E-state index in [9.17, 15) is 18.0 Å². The summed E-state index contributed by atoms with van der Waals surface area (Å²) in [4.78, 5) is 17.2. The molecule has 1 aliphatic heterocycles. The summed E-state index contributed by atoms with van der Waals surface area (Å²) in [5, 5.41) is 3.91. The van der Waals surface area contributed by atoms with Crippen molar-refractivity contribution in [1.82, 2.24) is 0 Å². The number of halogens is 3. The van der Waals surface area contributed by atoms with Crippen molar-refractivity contribution in [3.63, 3.8) is 0 Å². The van der Waals surface area contributed by atoms with Crippen molar-refractivity contribution < 1.29 is 27.5 Å². The van der Waals surface area contributed by atoms with Crippen LogP contribution in [0.3, 0.4) is 0 Å². The first-order valence-corrected chi connectivity index (χ1v) is 7.47. The molecule has 2 aromatic rings. The molecule has 1 aliphatic rings. The molecule has 1 atom stereocenters. The minimum Gasteiger partial charge on any atom is -0.465 e. The van der Waals surface area contributed by atoms with Crippen molar-refractivity contribution in [2.45, 2.75) is 18.7 Å². The minimum atomic E-state index is -4.42. The van der Waals surface area contributed by atoms with Crippen LogP contribution in [0.5, 0.6) is 0 Å². The summed E-state index contributed by atoms with van der Waals surface area (Å²) in [6.07, 6.45) is -4.72. The number of alkyl halides is 3. The Balaban J connectivity index is 1.84. The zero-order valence-corrected chi connectivity index (χ0v) is 13.2. The third-order valence-electron chi connectivity index (χ3n) is 3.90. The van der Waals surface area contributed by atoms with E-state index in [1.807, 2.05) is 0 Å². The van der Waals surface area contributed by atoms with E-state index < -0.39 is 23.8 Å². The van der Waals surface area contributed by atoms with Gasteiger partial charge in [-0.05, 0) is 18.2 Å². The third kappa shape index (κ3) is 3.50. The molecule has 0 spiro atoms. The molecule has 25 heavy (non-hydrogen) atoms. The van der Waals surface area contributed by atoms with Crippen LogP contribution in [0.25, 0.3) is 0 Å². The lowest BCUT2D eigenvalue weighted by molar-refractivity contribution is -0.137. The maximum absolute atomic E-state index is 12.9. The standard InChI is InChI=1S/C18H14F3NO3/c1-24-17(23)14-8-3-2-7-13(14)16-10-15(22-25-16)11-5-4-6-12(9-11)18(19,20)21/h2-9,16H,10H2,1H3. The molecule has 0 saturated carbocycles. The fourth-order valence-electron chi connectivity index (χ4n) is 2.66. The molecule has 0 N–H and O–H groups in total. The minimum absolute atomic E-state index is 0.259. The van der Waals surface area contributed by atoms with Gasteiger partial charge in [0.2, 0.25) is 0 Å². The van der Waals surface area contributed by atoms with Crippen molar-refractivity contribution in [3.05, 3.63) is 70.8 Å². The topological polar surface area (TPSA) is 47.9 Å². The lowest BCUT2D eigenvalue weighted by atomic mass is 9.96. The predicted molar refractivity (Wildman–Crippen MR) is 84.2 cm³/mol. The first-order valence-electron chi connectivity index (χ1n) is 7.47. The monoisotopic (exact) mass is 349 g/mol. The van der Waals surface area contributed by atoms with Gasteiger partial charge in [0.15, 0.2) is 6.10 Å².